The molecular formula is C12H18N2O4S. The van der Waals surface area contributed by atoms with E-state index in [0.29, 0.717) is 6.54 Å². The van der Waals surface area contributed by atoms with Gasteiger partial charge in [-0.25, -0.2) is 13.1 Å². The van der Waals surface area contributed by atoms with Gasteiger partial charge in [0.25, 0.3) is 0 Å². The Balaban J connectivity index is 2.62. The Morgan fingerprint density at radius 3 is 2.53 bits per heavy atom. The number of hydrogen-bond donors (Lipinski definition) is 2. The molecule has 0 fully saturated rings. The van der Waals surface area contributed by atoms with Gasteiger partial charge in [0.1, 0.15) is 0 Å². The van der Waals surface area contributed by atoms with Crippen LogP contribution in [0.5, 0.6) is 0 Å². The third-order valence-corrected chi connectivity index (χ3v) is 3.63. The van der Waals surface area contributed by atoms with Gasteiger partial charge < -0.3 is 10.5 Å². The highest BCUT2D eigenvalue weighted by atomic mass is 32.2. The van der Waals surface area contributed by atoms with Gasteiger partial charge >= 0.3 is 5.97 Å². The maximum Gasteiger partial charge on any atom is 0.322 e. The number of carbonyl (C=O) groups excluding carboxylic acids is 1. The first-order valence-corrected chi connectivity index (χ1v) is 7.53. The maximum absolute atomic E-state index is 11.6. The first-order valence-electron chi connectivity index (χ1n) is 5.88. The number of rotatable bonds is 7. The van der Waals surface area contributed by atoms with Gasteiger partial charge in [0.05, 0.1) is 6.61 Å². The Labute approximate surface area is 113 Å². The van der Waals surface area contributed by atoms with Crippen LogP contribution in [0, 0.1) is 0 Å². The van der Waals surface area contributed by atoms with Crippen molar-refractivity contribution in [2.24, 2.45) is 5.73 Å². The molecule has 0 spiro atoms. The van der Waals surface area contributed by atoms with Crippen LogP contribution in [0.1, 0.15) is 18.1 Å². The van der Waals surface area contributed by atoms with Gasteiger partial charge in [-0.1, -0.05) is 24.3 Å². The van der Waals surface area contributed by atoms with Crippen molar-refractivity contribution in [2.75, 3.05) is 12.4 Å². The van der Waals surface area contributed by atoms with Crippen molar-refractivity contribution >= 4 is 16.0 Å². The molecule has 0 bridgehead atoms. The Morgan fingerprint density at radius 1 is 1.32 bits per heavy atom. The fraction of sp³-hybridized carbons (Fsp3) is 0.417. The average Bonchev–Trinajstić information content (AvgIpc) is 2.36. The second-order valence-electron chi connectivity index (χ2n) is 3.86. The van der Waals surface area contributed by atoms with E-state index in [9.17, 15) is 13.2 Å². The minimum absolute atomic E-state index is 0.106. The first kappa shape index (κ1) is 15.6. The van der Waals surface area contributed by atoms with Gasteiger partial charge in [0.2, 0.25) is 10.0 Å². The topological polar surface area (TPSA) is 98.5 Å². The molecule has 0 saturated heterocycles. The Morgan fingerprint density at radius 2 is 1.95 bits per heavy atom. The molecule has 0 amide bonds. The quantitative estimate of drug-likeness (QED) is 0.694. The zero-order valence-electron chi connectivity index (χ0n) is 10.8. The van der Waals surface area contributed by atoms with Crippen LogP contribution in [0.2, 0.25) is 0 Å². The largest absolute Gasteiger partial charge is 0.465 e. The Kier molecular flexibility index (Phi) is 5.94. The molecular weight excluding hydrogens is 268 g/mol. The molecule has 0 aromatic heterocycles. The van der Waals surface area contributed by atoms with Crippen LogP contribution in [-0.2, 0) is 32.6 Å². The predicted molar refractivity (Wildman–Crippen MR) is 71.6 cm³/mol. The number of hydrogen-bond acceptors (Lipinski definition) is 5. The zero-order valence-corrected chi connectivity index (χ0v) is 11.6. The van der Waals surface area contributed by atoms with Crippen molar-refractivity contribution in [1.29, 1.82) is 0 Å². The van der Waals surface area contributed by atoms with E-state index in [1.54, 1.807) is 19.1 Å². The standard InChI is InChI=1S/C12H18N2O4S/c1-2-18-12(15)9-19(16,17)14-8-11-6-4-3-5-10(11)7-13/h3-6,14H,2,7-9,13H2,1H3. The Bertz CT molecular complexity index is 528. The van der Waals surface area contributed by atoms with E-state index >= 15 is 0 Å². The number of nitrogens with one attached hydrogen (secondary N) is 1. The summed E-state index contributed by atoms with van der Waals surface area (Å²) < 4.78 is 30.2. The van der Waals surface area contributed by atoms with E-state index in [-0.39, 0.29) is 13.2 Å². The summed E-state index contributed by atoms with van der Waals surface area (Å²) in [5.41, 5.74) is 7.21. The van der Waals surface area contributed by atoms with Crippen LogP contribution in [-0.4, -0.2) is 26.7 Å². The molecule has 0 aliphatic carbocycles. The molecule has 19 heavy (non-hydrogen) atoms. The lowest BCUT2D eigenvalue weighted by molar-refractivity contribution is -0.139. The molecule has 0 saturated carbocycles. The van der Waals surface area contributed by atoms with Crippen LogP contribution < -0.4 is 10.5 Å². The fourth-order valence-corrected chi connectivity index (χ4v) is 2.40. The molecule has 6 nitrogen and oxygen atoms in total. The summed E-state index contributed by atoms with van der Waals surface area (Å²) in [6.45, 7) is 2.21. The molecule has 0 radical (unpaired) electrons. The SMILES string of the molecule is CCOC(=O)CS(=O)(=O)NCc1ccccc1CN. The highest BCUT2D eigenvalue weighted by Crippen LogP contribution is 2.07. The van der Waals surface area contributed by atoms with Crippen LogP contribution >= 0.6 is 0 Å². The summed E-state index contributed by atoms with van der Waals surface area (Å²) in [7, 11) is -3.69. The minimum Gasteiger partial charge on any atom is -0.465 e. The van der Waals surface area contributed by atoms with Crippen molar-refractivity contribution in [3.05, 3.63) is 35.4 Å². The van der Waals surface area contributed by atoms with E-state index in [2.05, 4.69) is 9.46 Å². The van der Waals surface area contributed by atoms with Crippen molar-refractivity contribution in [1.82, 2.24) is 4.72 Å². The summed E-state index contributed by atoms with van der Waals surface area (Å²) in [6.07, 6.45) is 0. The normalized spacial score (nSPS) is 11.3. The molecule has 0 aliphatic heterocycles. The number of sulfonamides is 1. The van der Waals surface area contributed by atoms with Gasteiger partial charge in [0, 0.05) is 13.1 Å². The molecule has 1 aromatic rings. The molecule has 0 unspecified atom stereocenters. The lowest BCUT2D eigenvalue weighted by Gasteiger charge is -2.09. The van der Waals surface area contributed by atoms with Crippen molar-refractivity contribution in [2.45, 2.75) is 20.0 Å². The molecule has 3 N–H and O–H groups in total. The van der Waals surface area contributed by atoms with Gasteiger partial charge in [0.15, 0.2) is 5.75 Å². The van der Waals surface area contributed by atoms with E-state index in [4.69, 9.17) is 5.73 Å². The summed E-state index contributed by atoms with van der Waals surface area (Å²) in [6, 6.07) is 7.25. The molecule has 7 heteroatoms. The lowest BCUT2D eigenvalue weighted by Crippen LogP contribution is -2.31. The van der Waals surface area contributed by atoms with Gasteiger partial charge in [-0.15, -0.1) is 0 Å². The number of ether oxygens (including phenoxy) is 1. The summed E-state index contributed by atoms with van der Waals surface area (Å²) in [4.78, 5) is 11.1. The number of benzene rings is 1. The number of esters is 1. The van der Waals surface area contributed by atoms with Crippen molar-refractivity contribution in [3.63, 3.8) is 0 Å². The zero-order chi connectivity index (χ0) is 14.3. The van der Waals surface area contributed by atoms with Crippen LogP contribution in [0.4, 0.5) is 0 Å². The average molecular weight is 286 g/mol. The van der Waals surface area contributed by atoms with Crippen LogP contribution in [0.3, 0.4) is 0 Å². The smallest absolute Gasteiger partial charge is 0.322 e. The monoisotopic (exact) mass is 286 g/mol. The van der Waals surface area contributed by atoms with Gasteiger partial charge in [-0.2, -0.15) is 0 Å². The van der Waals surface area contributed by atoms with Crippen LogP contribution in [0.25, 0.3) is 0 Å². The summed E-state index contributed by atoms with van der Waals surface area (Å²) in [5, 5.41) is 0. The highest BCUT2D eigenvalue weighted by Gasteiger charge is 2.17. The third kappa shape index (κ3) is 5.37. The van der Waals surface area contributed by atoms with Gasteiger partial charge in [-0.3, -0.25) is 4.79 Å². The minimum atomic E-state index is -3.69. The van der Waals surface area contributed by atoms with E-state index < -0.39 is 21.7 Å². The second-order valence-corrected chi connectivity index (χ2v) is 5.66. The Hall–Kier alpha value is -1.44. The van der Waals surface area contributed by atoms with E-state index in [1.807, 2.05) is 12.1 Å². The van der Waals surface area contributed by atoms with Crippen molar-refractivity contribution in [3.8, 4) is 0 Å². The summed E-state index contributed by atoms with van der Waals surface area (Å²) in [5.74, 6) is -1.44. The number of carbonyl (C=O) groups is 1. The molecule has 0 heterocycles. The van der Waals surface area contributed by atoms with Crippen LogP contribution in [0.15, 0.2) is 24.3 Å². The molecule has 0 atom stereocenters. The second kappa shape index (κ2) is 7.22. The fourth-order valence-electron chi connectivity index (χ4n) is 1.53. The highest BCUT2D eigenvalue weighted by molar-refractivity contribution is 7.90. The number of nitrogens with two attached hydrogens (primary N) is 1. The maximum atomic E-state index is 11.6. The van der Waals surface area contributed by atoms with Crippen molar-refractivity contribution < 1.29 is 17.9 Å². The first-order chi connectivity index (χ1) is 8.98. The molecule has 0 aliphatic rings. The van der Waals surface area contributed by atoms with Gasteiger partial charge in [-0.05, 0) is 18.1 Å². The van der Waals surface area contributed by atoms with E-state index in [0.717, 1.165) is 11.1 Å². The summed E-state index contributed by atoms with van der Waals surface area (Å²) >= 11 is 0. The lowest BCUT2D eigenvalue weighted by atomic mass is 10.1. The molecule has 1 aromatic carbocycles. The predicted octanol–water partition coefficient (Wildman–Crippen LogP) is 0.128. The van der Waals surface area contributed by atoms with E-state index in [1.165, 1.54) is 0 Å². The third-order valence-electron chi connectivity index (χ3n) is 2.43. The molecule has 1 rings (SSSR count). The molecule has 106 valence electrons.